The molecule has 0 aliphatic carbocycles. The molecule has 2 aromatic carbocycles. The highest BCUT2D eigenvalue weighted by molar-refractivity contribution is 6.68. The van der Waals surface area contributed by atoms with Gasteiger partial charge in [-0.3, -0.25) is 10.2 Å². The number of amides is 1. The highest BCUT2D eigenvalue weighted by atomic mass is 35.5. The number of carbonyl (C=O) groups is 1. The van der Waals surface area contributed by atoms with Gasteiger partial charge in [-0.1, -0.05) is 35.0 Å². The van der Waals surface area contributed by atoms with E-state index >= 15 is 0 Å². The molecule has 0 atom stereocenters. The van der Waals surface area contributed by atoms with Crippen molar-refractivity contribution in [3.05, 3.63) is 59.6 Å². The average molecular weight is 331 g/mol. The van der Waals surface area contributed by atoms with Gasteiger partial charge in [0.25, 0.3) is 5.91 Å². The Labute approximate surface area is 138 Å². The second-order valence-electron chi connectivity index (χ2n) is 4.58. The summed E-state index contributed by atoms with van der Waals surface area (Å²) in [6, 6.07) is 15.7. The first-order chi connectivity index (χ1) is 11.1. The third kappa shape index (κ3) is 4.82. The predicted molar refractivity (Wildman–Crippen MR) is 92.5 cm³/mol. The van der Waals surface area contributed by atoms with Crippen molar-refractivity contribution in [2.24, 2.45) is 10.3 Å². The minimum atomic E-state index is -0.558. The summed E-state index contributed by atoms with van der Waals surface area (Å²) in [7, 11) is 0. The number of nitrogens with zero attached hydrogens (tertiary/aromatic N) is 2. The molecule has 1 amide bonds. The Balaban J connectivity index is 2.05. The fourth-order valence-corrected chi connectivity index (χ4v) is 1.85. The van der Waals surface area contributed by atoms with Crippen molar-refractivity contribution in [2.45, 2.75) is 6.92 Å². The molecule has 0 aliphatic rings. The molecule has 0 fully saturated rings. The van der Waals surface area contributed by atoms with Crippen LogP contribution in [0.15, 0.2) is 64.9 Å². The average Bonchev–Trinajstić information content (AvgIpc) is 2.56. The largest absolute Gasteiger partial charge is 0.410 e. The summed E-state index contributed by atoms with van der Waals surface area (Å²) < 4.78 is 0. The number of hydrogen-bond donors (Lipinski definition) is 3. The van der Waals surface area contributed by atoms with Gasteiger partial charge in [0, 0.05) is 10.7 Å². The predicted octanol–water partition coefficient (Wildman–Crippen LogP) is 3.60. The number of benzene rings is 2. The summed E-state index contributed by atoms with van der Waals surface area (Å²) in [6.45, 7) is 1.56. The van der Waals surface area contributed by atoms with Gasteiger partial charge in [0.05, 0.1) is 11.4 Å². The van der Waals surface area contributed by atoms with E-state index in [4.69, 9.17) is 16.8 Å². The van der Waals surface area contributed by atoms with Crippen LogP contribution in [0.25, 0.3) is 0 Å². The maximum Gasteiger partial charge on any atom is 0.279 e. The van der Waals surface area contributed by atoms with Crippen LogP contribution in [0.3, 0.4) is 0 Å². The number of oxime groups is 1. The number of nitrogens with one attached hydrogen (secondary N) is 2. The number of hydrogen-bond acceptors (Lipinski definition) is 5. The molecule has 0 radical (unpaired) electrons. The second-order valence-corrected chi connectivity index (χ2v) is 5.02. The molecular formula is C16H15ClN4O2. The van der Waals surface area contributed by atoms with Crippen molar-refractivity contribution in [3.63, 3.8) is 0 Å². The summed E-state index contributed by atoms with van der Waals surface area (Å²) >= 11 is 5.80. The lowest BCUT2D eigenvalue weighted by atomic mass is 10.2. The van der Waals surface area contributed by atoms with Crippen LogP contribution in [-0.2, 0) is 4.79 Å². The van der Waals surface area contributed by atoms with E-state index < -0.39 is 5.91 Å². The second kappa shape index (κ2) is 7.95. The first kappa shape index (κ1) is 16.5. The minimum absolute atomic E-state index is 0.185. The van der Waals surface area contributed by atoms with Crippen molar-refractivity contribution in [1.82, 2.24) is 0 Å². The molecule has 118 valence electrons. The molecule has 0 aromatic heterocycles. The number of halogens is 1. The molecule has 7 heteroatoms. The summed E-state index contributed by atoms with van der Waals surface area (Å²) in [5.41, 5.74) is 4.09. The van der Waals surface area contributed by atoms with Gasteiger partial charge in [0.15, 0.2) is 5.71 Å². The zero-order valence-corrected chi connectivity index (χ0v) is 13.1. The Hall–Kier alpha value is -2.86. The first-order valence-electron chi connectivity index (χ1n) is 6.75. The lowest BCUT2D eigenvalue weighted by molar-refractivity contribution is -0.110. The van der Waals surface area contributed by atoms with E-state index in [9.17, 15) is 4.79 Å². The van der Waals surface area contributed by atoms with E-state index in [0.717, 1.165) is 0 Å². The molecule has 3 N–H and O–H groups in total. The van der Waals surface area contributed by atoms with Crippen LogP contribution in [0.5, 0.6) is 0 Å². The Morgan fingerprint density at radius 1 is 1.04 bits per heavy atom. The highest BCUT2D eigenvalue weighted by Crippen LogP contribution is 2.13. The Morgan fingerprint density at radius 3 is 2.30 bits per heavy atom. The molecule has 2 rings (SSSR count). The van der Waals surface area contributed by atoms with Gasteiger partial charge in [-0.15, -0.1) is 0 Å². The summed E-state index contributed by atoms with van der Waals surface area (Å²) in [5, 5.41) is 19.4. The molecule has 6 nitrogen and oxygen atoms in total. The molecule has 2 aromatic rings. The quantitative estimate of drug-likeness (QED) is 0.445. The monoisotopic (exact) mass is 330 g/mol. The van der Waals surface area contributed by atoms with E-state index in [1.54, 1.807) is 55.5 Å². The van der Waals surface area contributed by atoms with Gasteiger partial charge in [-0.05, 0) is 43.3 Å². The van der Waals surface area contributed by atoms with E-state index in [1.165, 1.54) is 0 Å². The number of anilines is 2. The molecule has 0 spiro atoms. The van der Waals surface area contributed by atoms with E-state index in [0.29, 0.717) is 16.4 Å². The van der Waals surface area contributed by atoms with Crippen LogP contribution < -0.4 is 10.7 Å². The van der Waals surface area contributed by atoms with Crippen LogP contribution in [0.1, 0.15) is 6.92 Å². The number of carbonyl (C=O) groups excluding carboxylic acids is 1. The van der Waals surface area contributed by atoms with Gasteiger partial charge in [-0.25, -0.2) is 0 Å². The number of hydrazone groups is 1. The van der Waals surface area contributed by atoms with Crippen LogP contribution in [-0.4, -0.2) is 22.5 Å². The summed E-state index contributed by atoms with van der Waals surface area (Å²) in [4.78, 5) is 12.1. The van der Waals surface area contributed by atoms with E-state index in [2.05, 4.69) is 21.0 Å². The topological polar surface area (TPSA) is 86.1 Å². The third-order valence-corrected chi connectivity index (χ3v) is 3.14. The number of rotatable bonds is 5. The molecule has 0 heterocycles. The van der Waals surface area contributed by atoms with Crippen molar-refractivity contribution in [2.75, 3.05) is 10.7 Å². The van der Waals surface area contributed by atoms with Gasteiger partial charge in [-0.2, -0.15) is 5.10 Å². The van der Waals surface area contributed by atoms with Crippen molar-refractivity contribution >= 4 is 40.3 Å². The minimum Gasteiger partial charge on any atom is -0.410 e. The molecule has 0 bridgehead atoms. The van der Waals surface area contributed by atoms with Crippen molar-refractivity contribution in [1.29, 1.82) is 0 Å². The SMILES string of the molecule is CC(=N/Nc1ccc(Cl)cc1)/C(=N/O)C(=O)Nc1ccccc1. The van der Waals surface area contributed by atoms with Crippen molar-refractivity contribution in [3.8, 4) is 0 Å². The van der Waals surface area contributed by atoms with Gasteiger partial charge >= 0.3 is 0 Å². The lowest BCUT2D eigenvalue weighted by Crippen LogP contribution is -2.29. The van der Waals surface area contributed by atoms with Gasteiger partial charge in [0.1, 0.15) is 0 Å². The third-order valence-electron chi connectivity index (χ3n) is 2.89. The Kier molecular flexibility index (Phi) is 5.71. The normalized spacial score (nSPS) is 11.9. The maximum atomic E-state index is 12.1. The standard InChI is InChI=1S/C16H15ClN4O2/c1-11(19-20-14-9-7-12(17)8-10-14)15(21-23)16(22)18-13-5-3-2-4-6-13/h2-10,20,23H,1H3,(H,18,22)/b19-11-,21-15-. The first-order valence-corrected chi connectivity index (χ1v) is 7.12. The van der Waals surface area contributed by atoms with Gasteiger partial charge < -0.3 is 10.5 Å². The molecule has 0 aliphatic heterocycles. The van der Waals surface area contributed by atoms with Gasteiger partial charge in [0.2, 0.25) is 0 Å². The fraction of sp³-hybridized carbons (Fsp3) is 0.0625. The smallest absolute Gasteiger partial charge is 0.279 e. The molecule has 23 heavy (non-hydrogen) atoms. The lowest BCUT2D eigenvalue weighted by Gasteiger charge is -2.07. The Morgan fingerprint density at radius 2 is 1.70 bits per heavy atom. The summed E-state index contributed by atoms with van der Waals surface area (Å²) in [5.74, 6) is -0.558. The molecule has 0 unspecified atom stereocenters. The highest BCUT2D eigenvalue weighted by Gasteiger charge is 2.16. The molecule has 0 saturated carbocycles. The van der Waals surface area contributed by atoms with Crippen molar-refractivity contribution < 1.29 is 10.0 Å². The molecule has 0 saturated heterocycles. The van der Waals surface area contributed by atoms with Crippen LogP contribution in [0.2, 0.25) is 5.02 Å². The van der Waals surface area contributed by atoms with E-state index in [-0.39, 0.29) is 11.4 Å². The zero-order chi connectivity index (χ0) is 16.7. The van der Waals surface area contributed by atoms with E-state index in [1.807, 2.05) is 6.07 Å². The fourth-order valence-electron chi connectivity index (χ4n) is 1.72. The zero-order valence-electron chi connectivity index (χ0n) is 12.3. The number of para-hydroxylation sites is 1. The Bertz CT molecular complexity index is 728. The molecular weight excluding hydrogens is 316 g/mol. The maximum absolute atomic E-state index is 12.1. The van der Waals surface area contributed by atoms with Crippen LogP contribution >= 0.6 is 11.6 Å². The van der Waals surface area contributed by atoms with Crippen LogP contribution in [0.4, 0.5) is 11.4 Å². The summed E-state index contributed by atoms with van der Waals surface area (Å²) in [6.07, 6.45) is 0. The van der Waals surface area contributed by atoms with Crippen LogP contribution in [0, 0.1) is 0 Å².